The Bertz CT molecular complexity index is 388. The van der Waals surface area contributed by atoms with Crippen LogP contribution in [0.3, 0.4) is 0 Å². The largest absolute Gasteiger partial charge is 0.481 e. The highest BCUT2D eigenvalue weighted by atomic mass is 19.4. The van der Waals surface area contributed by atoms with Crippen molar-refractivity contribution in [1.82, 2.24) is 5.32 Å². The van der Waals surface area contributed by atoms with Crippen LogP contribution in [-0.2, 0) is 9.59 Å². The summed E-state index contributed by atoms with van der Waals surface area (Å²) in [7, 11) is 0. The molecule has 1 aliphatic carbocycles. The molecule has 0 aromatic heterocycles. The Morgan fingerprint density at radius 3 is 2.15 bits per heavy atom. The minimum Gasteiger partial charge on any atom is -0.481 e. The SMILES string of the molecule is CC(N)(C(=O)NCC1(C(=O)O)CCCCC1)C(F)(F)F. The van der Waals surface area contributed by atoms with Gasteiger partial charge in [0.1, 0.15) is 0 Å². The standard InChI is InChI=1S/C12H19F3N2O3/c1-10(16,12(13,14)15)8(18)17-7-11(9(19)20)5-3-2-4-6-11/h2-7,16H2,1H3,(H,17,18)(H,19,20). The highest BCUT2D eigenvalue weighted by molar-refractivity contribution is 5.87. The van der Waals surface area contributed by atoms with E-state index in [2.05, 4.69) is 5.32 Å². The number of amides is 1. The number of carbonyl (C=O) groups excluding carboxylic acids is 1. The van der Waals surface area contributed by atoms with Gasteiger partial charge in [-0.3, -0.25) is 9.59 Å². The summed E-state index contributed by atoms with van der Waals surface area (Å²) in [6.45, 7) is 0.237. The van der Waals surface area contributed by atoms with Gasteiger partial charge in [0, 0.05) is 6.54 Å². The van der Waals surface area contributed by atoms with E-state index in [1.807, 2.05) is 0 Å². The number of alkyl halides is 3. The summed E-state index contributed by atoms with van der Waals surface area (Å²) in [5.74, 6) is -2.50. The number of rotatable bonds is 4. The number of halogens is 3. The normalized spacial score (nSPS) is 21.9. The summed E-state index contributed by atoms with van der Waals surface area (Å²) in [5.41, 5.74) is 0.776. The topological polar surface area (TPSA) is 92.4 Å². The van der Waals surface area contributed by atoms with Crippen LogP contribution < -0.4 is 11.1 Å². The summed E-state index contributed by atoms with van der Waals surface area (Å²) in [6, 6.07) is 0. The van der Waals surface area contributed by atoms with Crippen molar-refractivity contribution < 1.29 is 27.9 Å². The minimum atomic E-state index is -4.89. The van der Waals surface area contributed by atoms with Gasteiger partial charge in [-0.25, -0.2) is 0 Å². The first-order valence-corrected chi connectivity index (χ1v) is 6.40. The quantitative estimate of drug-likeness (QED) is 0.731. The van der Waals surface area contributed by atoms with Gasteiger partial charge < -0.3 is 16.2 Å². The monoisotopic (exact) mass is 296 g/mol. The number of carbonyl (C=O) groups is 2. The van der Waals surface area contributed by atoms with E-state index < -0.39 is 29.0 Å². The summed E-state index contributed by atoms with van der Waals surface area (Å²) in [6.07, 6.45) is -1.95. The molecule has 0 aromatic rings. The molecular weight excluding hydrogens is 277 g/mol. The molecule has 0 heterocycles. The Balaban J connectivity index is 2.74. The Morgan fingerprint density at radius 1 is 1.25 bits per heavy atom. The molecule has 1 saturated carbocycles. The molecule has 0 saturated heterocycles. The first-order chi connectivity index (χ1) is 9.03. The molecule has 1 amide bonds. The smallest absolute Gasteiger partial charge is 0.415 e. The number of carboxylic acid groups (broad SMARTS) is 1. The average molecular weight is 296 g/mol. The van der Waals surface area contributed by atoms with Crippen LogP contribution in [0.1, 0.15) is 39.0 Å². The van der Waals surface area contributed by atoms with Crippen molar-refractivity contribution in [3.05, 3.63) is 0 Å². The molecular formula is C12H19F3N2O3. The van der Waals surface area contributed by atoms with Gasteiger partial charge in [0.25, 0.3) is 0 Å². The maximum Gasteiger partial charge on any atom is 0.415 e. The van der Waals surface area contributed by atoms with Crippen molar-refractivity contribution in [3.8, 4) is 0 Å². The van der Waals surface area contributed by atoms with Crippen LogP contribution in [0.25, 0.3) is 0 Å². The molecule has 0 spiro atoms. The molecule has 1 fully saturated rings. The zero-order valence-corrected chi connectivity index (χ0v) is 11.2. The minimum absolute atomic E-state index is 0.329. The number of nitrogens with two attached hydrogens (primary N) is 1. The molecule has 4 N–H and O–H groups in total. The maximum atomic E-state index is 12.6. The third-order valence-electron chi connectivity index (χ3n) is 3.91. The Labute approximate surface area is 114 Å². The van der Waals surface area contributed by atoms with Gasteiger partial charge in [0.05, 0.1) is 5.41 Å². The number of hydrogen-bond donors (Lipinski definition) is 3. The average Bonchev–Trinajstić information content (AvgIpc) is 2.35. The highest BCUT2D eigenvalue weighted by Crippen LogP contribution is 2.36. The number of nitrogens with one attached hydrogen (secondary N) is 1. The lowest BCUT2D eigenvalue weighted by molar-refractivity contribution is -0.187. The molecule has 1 atom stereocenters. The molecule has 1 aliphatic rings. The van der Waals surface area contributed by atoms with E-state index in [9.17, 15) is 27.9 Å². The lowest BCUT2D eigenvalue weighted by Gasteiger charge is -2.34. The van der Waals surface area contributed by atoms with E-state index in [4.69, 9.17) is 5.73 Å². The second-order valence-corrected chi connectivity index (χ2v) is 5.53. The molecule has 5 nitrogen and oxygen atoms in total. The van der Waals surface area contributed by atoms with E-state index in [1.54, 1.807) is 0 Å². The predicted octanol–water partition coefficient (Wildman–Crippen LogP) is 1.42. The van der Waals surface area contributed by atoms with Crippen LogP contribution in [-0.4, -0.2) is 35.2 Å². The van der Waals surface area contributed by atoms with Crippen LogP contribution in [0.5, 0.6) is 0 Å². The van der Waals surface area contributed by atoms with Gasteiger partial charge in [0.15, 0.2) is 5.54 Å². The van der Waals surface area contributed by atoms with Crippen molar-refractivity contribution >= 4 is 11.9 Å². The first kappa shape index (κ1) is 16.7. The fourth-order valence-corrected chi connectivity index (χ4v) is 2.26. The lowest BCUT2D eigenvalue weighted by atomic mass is 9.74. The van der Waals surface area contributed by atoms with Crippen LogP contribution in [0, 0.1) is 5.41 Å². The molecule has 1 unspecified atom stereocenters. The number of carboxylic acids is 1. The Morgan fingerprint density at radius 2 is 1.75 bits per heavy atom. The lowest BCUT2D eigenvalue weighted by Crippen LogP contribution is -2.62. The van der Waals surface area contributed by atoms with Crippen LogP contribution in [0.2, 0.25) is 0 Å². The molecule has 1 rings (SSSR count). The second-order valence-electron chi connectivity index (χ2n) is 5.53. The Kier molecular flexibility index (Phi) is 4.68. The predicted molar refractivity (Wildman–Crippen MR) is 64.8 cm³/mol. The fraction of sp³-hybridized carbons (Fsp3) is 0.833. The summed E-state index contributed by atoms with van der Waals surface area (Å²) in [4.78, 5) is 22.9. The third-order valence-corrected chi connectivity index (χ3v) is 3.91. The van der Waals surface area contributed by atoms with Crippen LogP contribution in [0.4, 0.5) is 13.2 Å². The van der Waals surface area contributed by atoms with Crippen LogP contribution in [0.15, 0.2) is 0 Å². The van der Waals surface area contributed by atoms with E-state index in [0.717, 1.165) is 6.42 Å². The molecule has 0 aliphatic heterocycles. The van der Waals surface area contributed by atoms with Gasteiger partial charge in [-0.2, -0.15) is 13.2 Å². The Hall–Kier alpha value is -1.31. The van der Waals surface area contributed by atoms with Gasteiger partial charge in [-0.15, -0.1) is 0 Å². The molecule has 8 heteroatoms. The molecule has 0 bridgehead atoms. The summed E-state index contributed by atoms with van der Waals surface area (Å²) in [5, 5.41) is 11.3. The molecule has 0 aromatic carbocycles. The third kappa shape index (κ3) is 3.23. The van der Waals surface area contributed by atoms with Crippen LogP contribution >= 0.6 is 0 Å². The van der Waals surface area contributed by atoms with E-state index in [-0.39, 0.29) is 6.54 Å². The van der Waals surface area contributed by atoms with E-state index >= 15 is 0 Å². The van der Waals surface area contributed by atoms with E-state index in [0.29, 0.717) is 32.6 Å². The maximum absolute atomic E-state index is 12.6. The number of hydrogen-bond acceptors (Lipinski definition) is 3. The van der Waals surface area contributed by atoms with Gasteiger partial charge in [0.2, 0.25) is 5.91 Å². The highest BCUT2D eigenvalue weighted by Gasteiger charge is 2.54. The fourth-order valence-electron chi connectivity index (χ4n) is 2.26. The zero-order chi connectivity index (χ0) is 15.6. The van der Waals surface area contributed by atoms with E-state index in [1.165, 1.54) is 0 Å². The molecule has 116 valence electrons. The first-order valence-electron chi connectivity index (χ1n) is 6.40. The van der Waals surface area contributed by atoms with Crippen molar-refractivity contribution in [2.45, 2.75) is 50.7 Å². The molecule has 0 radical (unpaired) electrons. The summed E-state index contributed by atoms with van der Waals surface area (Å²) >= 11 is 0. The van der Waals surface area contributed by atoms with Crippen molar-refractivity contribution in [2.24, 2.45) is 11.1 Å². The summed E-state index contributed by atoms with van der Waals surface area (Å²) < 4.78 is 37.8. The zero-order valence-electron chi connectivity index (χ0n) is 11.2. The number of aliphatic carboxylic acids is 1. The van der Waals surface area contributed by atoms with Gasteiger partial charge >= 0.3 is 12.1 Å². The molecule has 20 heavy (non-hydrogen) atoms. The van der Waals surface area contributed by atoms with Gasteiger partial charge in [-0.05, 0) is 19.8 Å². The second kappa shape index (κ2) is 5.59. The van der Waals surface area contributed by atoms with Crippen molar-refractivity contribution in [3.63, 3.8) is 0 Å². The van der Waals surface area contributed by atoms with Crippen molar-refractivity contribution in [1.29, 1.82) is 0 Å². The van der Waals surface area contributed by atoms with Gasteiger partial charge in [-0.1, -0.05) is 19.3 Å². The van der Waals surface area contributed by atoms with Crippen molar-refractivity contribution in [2.75, 3.05) is 6.54 Å².